The Morgan fingerprint density at radius 2 is 1.78 bits per heavy atom. The van der Waals surface area contributed by atoms with Crippen molar-refractivity contribution in [1.29, 1.82) is 0 Å². The van der Waals surface area contributed by atoms with Gasteiger partial charge in [0.05, 0.1) is 13.2 Å². The van der Waals surface area contributed by atoms with Gasteiger partial charge in [0.1, 0.15) is 0 Å². The maximum atomic E-state index is 12.4. The molecule has 0 spiro atoms. The molecule has 0 heterocycles. The largest absolute Gasteiger partial charge is 0.481 e. The fourth-order valence-corrected chi connectivity index (χ4v) is 3.26. The van der Waals surface area contributed by atoms with E-state index in [4.69, 9.17) is 14.2 Å². The van der Waals surface area contributed by atoms with E-state index >= 15 is 0 Å². The second-order valence-corrected chi connectivity index (χ2v) is 5.94. The van der Waals surface area contributed by atoms with Gasteiger partial charge in [-0.3, -0.25) is 9.36 Å². The van der Waals surface area contributed by atoms with E-state index in [1.165, 1.54) is 0 Å². The Bertz CT molecular complexity index is 304. The molecule has 1 unspecified atom stereocenters. The highest BCUT2D eigenvalue weighted by Gasteiger charge is 2.40. The van der Waals surface area contributed by atoms with Crippen molar-refractivity contribution in [1.82, 2.24) is 0 Å². The van der Waals surface area contributed by atoms with Gasteiger partial charge in [-0.15, -0.1) is 0 Å². The monoisotopic (exact) mass is 278 g/mol. The van der Waals surface area contributed by atoms with Gasteiger partial charge < -0.3 is 14.2 Å². The van der Waals surface area contributed by atoms with Crippen LogP contribution < -0.4 is 0 Å². The first kappa shape index (κ1) is 17.4. The van der Waals surface area contributed by atoms with Crippen LogP contribution in [0, 0.1) is 0 Å². The van der Waals surface area contributed by atoms with E-state index in [1.807, 2.05) is 13.0 Å². The van der Waals surface area contributed by atoms with Gasteiger partial charge in [-0.1, -0.05) is 25.5 Å². The zero-order chi connectivity index (χ0) is 14.0. The lowest BCUT2D eigenvalue weighted by Crippen LogP contribution is -2.22. The highest BCUT2D eigenvalue weighted by Crippen LogP contribution is 2.54. The molecule has 0 amide bonds. The zero-order valence-electron chi connectivity index (χ0n) is 11.3. The number of hydrogen-bond donors (Lipinski definition) is 1. The van der Waals surface area contributed by atoms with Gasteiger partial charge in [0, 0.05) is 0 Å². The summed E-state index contributed by atoms with van der Waals surface area (Å²) >= 11 is 0. The van der Waals surface area contributed by atoms with Crippen LogP contribution in [0.15, 0.2) is 12.2 Å². The van der Waals surface area contributed by atoms with Crippen molar-refractivity contribution in [3.05, 3.63) is 12.2 Å². The van der Waals surface area contributed by atoms with E-state index in [2.05, 4.69) is 0 Å². The Hall–Kier alpha value is -0.640. The summed E-state index contributed by atoms with van der Waals surface area (Å²) in [5.74, 6) is -1.15. The first-order chi connectivity index (χ1) is 8.51. The van der Waals surface area contributed by atoms with Crippen molar-refractivity contribution in [2.45, 2.75) is 45.7 Å². The van der Waals surface area contributed by atoms with Crippen molar-refractivity contribution < 1.29 is 23.5 Å². The predicted octanol–water partition coefficient (Wildman–Crippen LogP) is 3.45. The molecule has 0 saturated carbocycles. The number of allylic oxidation sites excluding steroid dienone is 2. The summed E-state index contributed by atoms with van der Waals surface area (Å²) in [6.07, 6.45) is 5.64. The molecule has 0 saturated heterocycles. The molecule has 0 radical (unpaired) electrons. The average molecular weight is 278 g/mol. The molecule has 1 N–H and O–H groups in total. The standard InChI is InChI=1S/C12H23O5P/c1-4-7-8-9-10-11(12(13)14)18(15,16-5-2)17-6-3/h8-9,11H,4-7,10H2,1-3H3,(H,13,14)/b9-8+. The van der Waals surface area contributed by atoms with Crippen LogP contribution in [0.2, 0.25) is 0 Å². The maximum Gasteiger partial charge on any atom is 0.345 e. The lowest BCUT2D eigenvalue weighted by Gasteiger charge is -2.22. The van der Waals surface area contributed by atoms with Crippen molar-refractivity contribution in [3.8, 4) is 0 Å². The molecule has 0 bridgehead atoms. The van der Waals surface area contributed by atoms with Crippen LogP contribution in [0.4, 0.5) is 0 Å². The molecule has 18 heavy (non-hydrogen) atoms. The van der Waals surface area contributed by atoms with Gasteiger partial charge in [0.25, 0.3) is 0 Å². The number of rotatable bonds is 10. The highest BCUT2D eigenvalue weighted by molar-refractivity contribution is 7.55. The molecule has 0 aliphatic heterocycles. The zero-order valence-corrected chi connectivity index (χ0v) is 12.2. The molecule has 0 aromatic heterocycles. The SMILES string of the molecule is CCC/C=C/CC(C(=O)O)P(=O)(OCC)OCC. The number of carbonyl (C=O) groups is 1. The fraction of sp³-hybridized carbons (Fsp3) is 0.750. The second-order valence-electron chi connectivity index (χ2n) is 3.73. The van der Waals surface area contributed by atoms with Crippen molar-refractivity contribution in [2.75, 3.05) is 13.2 Å². The van der Waals surface area contributed by atoms with E-state index < -0.39 is 19.2 Å². The average Bonchev–Trinajstić information content (AvgIpc) is 2.28. The Morgan fingerprint density at radius 3 is 2.17 bits per heavy atom. The number of carboxylic acid groups (broad SMARTS) is 1. The fourth-order valence-electron chi connectivity index (χ4n) is 1.45. The topological polar surface area (TPSA) is 72.8 Å². The molecular weight excluding hydrogens is 255 g/mol. The number of aliphatic carboxylic acids is 1. The number of hydrogen-bond acceptors (Lipinski definition) is 4. The molecule has 0 aromatic carbocycles. The summed E-state index contributed by atoms with van der Waals surface area (Å²) < 4.78 is 22.5. The van der Waals surface area contributed by atoms with Gasteiger partial charge in [0.15, 0.2) is 5.66 Å². The van der Waals surface area contributed by atoms with E-state index in [0.717, 1.165) is 12.8 Å². The van der Waals surface area contributed by atoms with Gasteiger partial charge in [0.2, 0.25) is 0 Å². The van der Waals surface area contributed by atoms with Crippen LogP contribution in [-0.2, 0) is 18.4 Å². The molecule has 106 valence electrons. The molecule has 0 fully saturated rings. The second kappa shape index (κ2) is 9.31. The highest BCUT2D eigenvalue weighted by atomic mass is 31.2. The lowest BCUT2D eigenvalue weighted by molar-refractivity contribution is -0.136. The minimum absolute atomic E-state index is 0.159. The minimum Gasteiger partial charge on any atom is -0.481 e. The van der Waals surface area contributed by atoms with Gasteiger partial charge in [-0.05, 0) is 26.7 Å². The van der Waals surface area contributed by atoms with Crippen LogP contribution in [-0.4, -0.2) is 29.9 Å². The first-order valence-electron chi connectivity index (χ1n) is 6.28. The maximum absolute atomic E-state index is 12.4. The van der Waals surface area contributed by atoms with Gasteiger partial charge >= 0.3 is 13.6 Å². The van der Waals surface area contributed by atoms with Crippen LogP contribution in [0.25, 0.3) is 0 Å². The third-order valence-electron chi connectivity index (χ3n) is 2.27. The van der Waals surface area contributed by atoms with E-state index in [0.29, 0.717) is 0 Å². The molecule has 5 nitrogen and oxygen atoms in total. The van der Waals surface area contributed by atoms with Crippen LogP contribution in [0.3, 0.4) is 0 Å². The molecular formula is C12H23O5P. The molecule has 0 aromatic rings. The molecule has 1 atom stereocenters. The normalized spacial score (nSPS) is 13.9. The van der Waals surface area contributed by atoms with Crippen LogP contribution in [0.1, 0.15) is 40.0 Å². The van der Waals surface area contributed by atoms with E-state index in [9.17, 15) is 9.36 Å². The Labute approximate surface area is 109 Å². The summed E-state index contributed by atoms with van der Waals surface area (Å²) in [4.78, 5) is 11.2. The van der Waals surface area contributed by atoms with Gasteiger partial charge in [-0.25, -0.2) is 0 Å². The van der Waals surface area contributed by atoms with Gasteiger partial charge in [-0.2, -0.15) is 0 Å². The number of unbranched alkanes of at least 4 members (excludes halogenated alkanes) is 1. The number of carboxylic acids is 1. The van der Waals surface area contributed by atoms with E-state index in [1.54, 1.807) is 19.9 Å². The van der Waals surface area contributed by atoms with Crippen molar-refractivity contribution in [3.63, 3.8) is 0 Å². The van der Waals surface area contributed by atoms with Crippen molar-refractivity contribution in [2.24, 2.45) is 0 Å². The third kappa shape index (κ3) is 5.80. The smallest absolute Gasteiger partial charge is 0.345 e. The van der Waals surface area contributed by atoms with Crippen LogP contribution >= 0.6 is 7.60 Å². The molecule has 0 rings (SSSR count). The Kier molecular flexibility index (Phi) is 8.98. The van der Waals surface area contributed by atoms with Crippen LogP contribution in [0.5, 0.6) is 0 Å². The Balaban J connectivity index is 4.82. The Morgan fingerprint density at radius 1 is 1.22 bits per heavy atom. The van der Waals surface area contributed by atoms with E-state index in [-0.39, 0.29) is 19.6 Å². The minimum atomic E-state index is -3.59. The third-order valence-corrected chi connectivity index (χ3v) is 4.70. The summed E-state index contributed by atoms with van der Waals surface area (Å²) in [7, 11) is -3.59. The lowest BCUT2D eigenvalue weighted by atomic mass is 10.2. The molecule has 0 aliphatic carbocycles. The summed E-state index contributed by atoms with van der Waals surface area (Å²) in [5, 5.41) is 9.15. The first-order valence-corrected chi connectivity index (χ1v) is 7.89. The molecule has 6 heteroatoms. The summed E-state index contributed by atoms with van der Waals surface area (Å²) in [6.45, 7) is 5.69. The predicted molar refractivity (Wildman–Crippen MR) is 70.9 cm³/mol. The molecule has 0 aliphatic rings. The summed E-state index contributed by atoms with van der Waals surface area (Å²) in [6, 6.07) is 0. The summed E-state index contributed by atoms with van der Waals surface area (Å²) in [5.41, 5.74) is -1.13. The van der Waals surface area contributed by atoms with Crippen molar-refractivity contribution >= 4 is 13.6 Å². The quantitative estimate of drug-likeness (QED) is 0.489.